The molecule has 2 rings (SSSR count). The second-order valence-corrected chi connectivity index (χ2v) is 5.11. The third kappa shape index (κ3) is 1.46. The van der Waals surface area contributed by atoms with Crippen LogP contribution in [0.3, 0.4) is 0 Å². The number of rotatable bonds is 1. The van der Waals surface area contributed by atoms with Gasteiger partial charge in [-0.3, -0.25) is 0 Å². The molecule has 0 fully saturated rings. The Kier molecular flexibility index (Phi) is 2.36. The van der Waals surface area contributed by atoms with Gasteiger partial charge in [0.05, 0.1) is 4.88 Å². The average Bonchev–Trinajstić information content (AvgIpc) is 2.61. The minimum Gasteiger partial charge on any atom is -0.380 e. The van der Waals surface area contributed by atoms with Crippen molar-refractivity contribution in [2.45, 2.75) is 13.8 Å². The van der Waals surface area contributed by atoms with Gasteiger partial charge < -0.3 is 10.3 Å². The third-order valence-electron chi connectivity index (χ3n) is 2.05. The van der Waals surface area contributed by atoms with Gasteiger partial charge in [0.1, 0.15) is 4.47 Å². The van der Waals surface area contributed by atoms with Gasteiger partial charge in [-0.2, -0.15) is 0 Å². The van der Waals surface area contributed by atoms with Gasteiger partial charge >= 0.3 is 0 Å². The molecular formula is C9H9BrN2OS. The summed E-state index contributed by atoms with van der Waals surface area (Å²) in [5.74, 6) is 1.10. The molecule has 0 bridgehead atoms. The fourth-order valence-electron chi connectivity index (χ4n) is 1.13. The predicted molar refractivity (Wildman–Crippen MR) is 61.4 cm³/mol. The summed E-state index contributed by atoms with van der Waals surface area (Å²) in [6, 6.07) is 2.07. The molecule has 0 saturated carbocycles. The molecule has 0 saturated heterocycles. The highest BCUT2D eigenvalue weighted by Crippen LogP contribution is 2.37. The van der Waals surface area contributed by atoms with Gasteiger partial charge in [0.25, 0.3) is 0 Å². The summed E-state index contributed by atoms with van der Waals surface area (Å²) in [5.41, 5.74) is 6.83. The van der Waals surface area contributed by atoms with E-state index >= 15 is 0 Å². The standard InChI is InChI=1S/C9H9BrN2OS/c1-4-3-6(14-5(4)2)8-7(10)9(11)12-13-8/h3H,1-2H3,(H2,11,12). The Hall–Kier alpha value is -0.810. The summed E-state index contributed by atoms with van der Waals surface area (Å²) in [4.78, 5) is 2.33. The van der Waals surface area contributed by atoms with Crippen molar-refractivity contribution in [3.05, 3.63) is 21.0 Å². The fourth-order valence-corrected chi connectivity index (χ4v) is 2.64. The maximum Gasteiger partial charge on any atom is 0.193 e. The molecule has 0 aliphatic carbocycles. The monoisotopic (exact) mass is 272 g/mol. The van der Waals surface area contributed by atoms with Crippen molar-refractivity contribution in [3.63, 3.8) is 0 Å². The molecule has 3 nitrogen and oxygen atoms in total. The highest BCUT2D eigenvalue weighted by Gasteiger charge is 2.15. The molecule has 5 heteroatoms. The van der Waals surface area contributed by atoms with Crippen LogP contribution in [0.25, 0.3) is 10.6 Å². The van der Waals surface area contributed by atoms with Crippen LogP contribution in [-0.4, -0.2) is 5.16 Å². The van der Waals surface area contributed by atoms with E-state index in [1.807, 2.05) is 0 Å². The van der Waals surface area contributed by atoms with Crippen molar-refractivity contribution in [2.24, 2.45) is 0 Å². The number of hydrogen-bond acceptors (Lipinski definition) is 4. The molecule has 0 aliphatic rings. The van der Waals surface area contributed by atoms with Crippen molar-refractivity contribution in [1.29, 1.82) is 0 Å². The highest BCUT2D eigenvalue weighted by atomic mass is 79.9. The van der Waals surface area contributed by atoms with Crippen molar-refractivity contribution in [3.8, 4) is 10.6 Å². The molecule has 2 heterocycles. The van der Waals surface area contributed by atoms with Crippen molar-refractivity contribution in [1.82, 2.24) is 5.16 Å². The second kappa shape index (κ2) is 3.40. The van der Waals surface area contributed by atoms with E-state index in [9.17, 15) is 0 Å². The summed E-state index contributed by atoms with van der Waals surface area (Å²) >= 11 is 5.02. The summed E-state index contributed by atoms with van der Waals surface area (Å²) in [7, 11) is 0. The lowest BCUT2D eigenvalue weighted by atomic mass is 10.2. The summed E-state index contributed by atoms with van der Waals surface area (Å²) < 4.78 is 5.87. The van der Waals surface area contributed by atoms with Gasteiger partial charge in [0.2, 0.25) is 0 Å². The van der Waals surface area contributed by atoms with Crippen LogP contribution in [0.15, 0.2) is 15.1 Å². The minimum atomic E-state index is 0.392. The number of thiophene rings is 1. The van der Waals surface area contributed by atoms with E-state index in [0.29, 0.717) is 11.6 Å². The van der Waals surface area contributed by atoms with Crippen LogP contribution in [0.2, 0.25) is 0 Å². The first-order valence-electron chi connectivity index (χ1n) is 4.07. The Morgan fingerprint density at radius 1 is 1.50 bits per heavy atom. The maximum absolute atomic E-state index is 5.58. The molecule has 0 unspecified atom stereocenters. The average molecular weight is 273 g/mol. The lowest BCUT2D eigenvalue weighted by Crippen LogP contribution is -1.82. The number of aromatic nitrogens is 1. The first-order chi connectivity index (χ1) is 6.59. The van der Waals surface area contributed by atoms with E-state index in [-0.39, 0.29) is 0 Å². The zero-order chi connectivity index (χ0) is 10.3. The van der Waals surface area contributed by atoms with Gasteiger partial charge in [0, 0.05) is 4.88 Å². The van der Waals surface area contributed by atoms with Crippen LogP contribution in [-0.2, 0) is 0 Å². The zero-order valence-corrected chi connectivity index (χ0v) is 10.2. The molecular weight excluding hydrogens is 264 g/mol. The number of halogens is 1. The van der Waals surface area contributed by atoms with E-state index in [4.69, 9.17) is 10.3 Å². The summed E-state index contributed by atoms with van der Waals surface area (Å²) in [5, 5.41) is 3.69. The number of nitrogens with two attached hydrogens (primary N) is 1. The van der Waals surface area contributed by atoms with E-state index in [0.717, 1.165) is 9.35 Å². The van der Waals surface area contributed by atoms with Crippen LogP contribution >= 0.6 is 27.3 Å². The molecule has 0 amide bonds. The van der Waals surface area contributed by atoms with Gasteiger partial charge in [-0.1, -0.05) is 5.16 Å². The van der Waals surface area contributed by atoms with E-state index in [1.165, 1.54) is 10.4 Å². The zero-order valence-electron chi connectivity index (χ0n) is 7.80. The quantitative estimate of drug-likeness (QED) is 0.866. The largest absolute Gasteiger partial charge is 0.380 e. The first-order valence-corrected chi connectivity index (χ1v) is 5.68. The number of anilines is 1. The van der Waals surface area contributed by atoms with Gasteiger partial charge in [-0.25, -0.2) is 0 Å². The second-order valence-electron chi connectivity index (χ2n) is 3.06. The SMILES string of the molecule is Cc1cc(-c2onc(N)c2Br)sc1C. The number of aryl methyl sites for hydroxylation is 2. The Labute approximate surface area is 94.0 Å². The fraction of sp³-hybridized carbons (Fsp3) is 0.222. The van der Waals surface area contributed by atoms with Crippen molar-refractivity contribution in [2.75, 3.05) is 5.73 Å². The van der Waals surface area contributed by atoms with Crippen molar-refractivity contribution >= 4 is 33.1 Å². The summed E-state index contributed by atoms with van der Waals surface area (Å²) in [6.45, 7) is 4.15. The Bertz CT molecular complexity index is 456. The number of nitrogen functional groups attached to an aromatic ring is 1. The molecule has 0 spiro atoms. The van der Waals surface area contributed by atoms with Crippen LogP contribution in [0, 0.1) is 13.8 Å². The van der Waals surface area contributed by atoms with Crippen LogP contribution in [0.1, 0.15) is 10.4 Å². The lowest BCUT2D eigenvalue weighted by molar-refractivity contribution is 0.436. The van der Waals surface area contributed by atoms with E-state index < -0.39 is 0 Å². The van der Waals surface area contributed by atoms with Crippen molar-refractivity contribution < 1.29 is 4.52 Å². The van der Waals surface area contributed by atoms with Gasteiger partial charge in [0.15, 0.2) is 11.6 Å². The number of hydrogen-bond donors (Lipinski definition) is 1. The summed E-state index contributed by atoms with van der Waals surface area (Å²) in [6.07, 6.45) is 0. The molecule has 0 atom stereocenters. The van der Waals surface area contributed by atoms with Gasteiger partial charge in [-0.05, 0) is 41.4 Å². The lowest BCUT2D eigenvalue weighted by Gasteiger charge is -1.88. The Balaban J connectivity index is 2.54. The first kappa shape index (κ1) is 9.73. The Morgan fingerprint density at radius 2 is 2.21 bits per heavy atom. The molecule has 2 N–H and O–H groups in total. The highest BCUT2D eigenvalue weighted by molar-refractivity contribution is 9.10. The van der Waals surface area contributed by atoms with Crippen LogP contribution in [0.4, 0.5) is 5.82 Å². The predicted octanol–water partition coefficient (Wildman–Crippen LogP) is 3.36. The normalized spacial score (nSPS) is 10.8. The van der Waals surface area contributed by atoms with Crippen LogP contribution in [0.5, 0.6) is 0 Å². The Morgan fingerprint density at radius 3 is 2.64 bits per heavy atom. The number of nitrogens with zero attached hydrogens (tertiary/aromatic N) is 1. The maximum atomic E-state index is 5.58. The molecule has 0 radical (unpaired) electrons. The van der Waals surface area contributed by atoms with E-state index in [2.05, 4.69) is 41.0 Å². The molecule has 14 heavy (non-hydrogen) atoms. The molecule has 2 aromatic rings. The minimum absolute atomic E-state index is 0.392. The van der Waals surface area contributed by atoms with E-state index in [1.54, 1.807) is 11.3 Å². The van der Waals surface area contributed by atoms with Crippen LogP contribution < -0.4 is 5.73 Å². The smallest absolute Gasteiger partial charge is 0.193 e. The molecule has 0 aromatic carbocycles. The molecule has 0 aliphatic heterocycles. The van der Waals surface area contributed by atoms with Gasteiger partial charge in [-0.15, -0.1) is 11.3 Å². The third-order valence-corrected chi connectivity index (χ3v) is 3.97. The molecule has 2 aromatic heterocycles. The molecule has 74 valence electrons. The topological polar surface area (TPSA) is 52.0 Å².